The number of aromatic nitrogens is 1. The maximum atomic E-state index is 11.8. The summed E-state index contributed by atoms with van der Waals surface area (Å²) in [5.41, 5.74) is 5.62. The summed E-state index contributed by atoms with van der Waals surface area (Å²) >= 11 is 0. The zero-order chi connectivity index (χ0) is 15.2. The smallest absolute Gasteiger partial charge is 0.287 e. The molecule has 1 aliphatic heterocycles. The van der Waals surface area contributed by atoms with E-state index in [0.29, 0.717) is 5.69 Å². The fraction of sp³-hybridized carbons (Fsp3) is 0.294. The maximum Gasteiger partial charge on any atom is 0.287 e. The number of rotatable bonds is 4. The SMILES string of the molecule is O=C(NN=C1CC[NH+](Cc2ccccc2)CC1)c1ccc[nH]1. The van der Waals surface area contributed by atoms with Gasteiger partial charge in [0.05, 0.1) is 13.1 Å². The molecule has 0 unspecified atom stereocenters. The summed E-state index contributed by atoms with van der Waals surface area (Å²) in [5.74, 6) is -0.184. The van der Waals surface area contributed by atoms with Gasteiger partial charge in [-0.05, 0) is 12.1 Å². The van der Waals surface area contributed by atoms with Gasteiger partial charge in [0.15, 0.2) is 0 Å². The zero-order valence-corrected chi connectivity index (χ0v) is 12.5. The molecule has 0 radical (unpaired) electrons. The minimum Gasteiger partial charge on any atom is -0.357 e. The third-order valence-corrected chi connectivity index (χ3v) is 3.99. The number of likely N-dealkylation sites (tertiary alicyclic amines) is 1. The Kier molecular flexibility index (Phi) is 4.65. The first-order valence-electron chi connectivity index (χ1n) is 7.68. The van der Waals surface area contributed by atoms with Gasteiger partial charge >= 0.3 is 0 Å². The Hall–Kier alpha value is -2.40. The van der Waals surface area contributed by atoms with E-state index in [1.54, 1.807) is 23.2 Å². The average Bonchev–Trinajstić information content (AvgIpc) is 3.09. The van der Waals surface area contributed by atoms with Crippen LogP contribution in [0.5, 0.6) is 0 Å². The minimum absolute atomic E-state index is 0.184. The van der Waals surface area contributed by atoms with Crippen molar-refractivity contribution in [2.75, 3.05) is 13.1 Å². The second kappa shape index (κ2) is 7.04. The van der Waals surface area contributed by atoms with Gasteiger partial charge in [-0.25, -0.2) is 5.43 Å². The van der Waals surface area contributed by atoms with Crippen LogP contribution in [0.3, 0.4) is 0 Å². The molecule has 0 aliphatic carbocycles. The monoisotopic (exact) mass is 297 g/mol. The van der Waals surface area contributed by atoms with Gasteiger partial charge < -0.3 is 9.88 Å². The van der Waals surface area contributed by atoms with Crippen LogP contribution in [0.2, 0.25) is 0 Å². The number of hydrogen-bond donors (Lipinski definition) is 3. The van der Waals surface area contributed by atoms with Crippen molar-refractivity contribution in [3.05, 3.63) is 59.9 Å². The van der Waals surface area contributed by atoms with Gasteiger partial charge in [-0.15, -0.1) is 0 Å². The fourth-order valence-corrected chi connectivity index (χ4v) is 2.73. The third-order valence-electron chi connectivity index (χ3n) is 3.99. The molecule has 22 heavy (non-hydrogen) atoms. The highest BCUT2D eigenvalue weighted by Gasteiger charge is 2.18. The van der Waals surface area contributed by atoms with Crippen LogP contribution in [0.1, 0.15) is 28.9 Å². The molecule has 3 rings (SSSR count). The van der Waals surface area contributed by atoms with Crippen LogP contribution in [0.25, 0.3) is 0 Å². The zero-order valence-electron chi connectivity index (χ0n) is 12.5. The molecule has 1 saturated heterocycles. The van der Waals surface area contributed by atoms with Gasteiger partial charge in [0.2, 0.25) is 0 Å². The molecule has 0 bridgehead atoms. The molecule has 1 aliphatic rings. The summed E-state index contributed by atoms with van der Waals surface area (Å²) in [5, 5.41) is 4.26. The maximum absolute atomic E-state index is 11.8. The Morgan fingerprint density at radius 1 is 1.14 bits per heavy atom. The number of aromatic amines is 1. The van der Waals surface area contributed by atoms with Crippen molar-refractivity contribution in [1.82, 2.24) is 10.4 Å². The summed E-state index contributed by atoms with van der Waals surface area (Å²) in [6, 6.07) is 14.1. The van der Waals surface area contributed by atoms with Gasteiger partial charge in [-0.3, -0.25) is 4.79 Å². The number of hydrogen-bond acceptors (Lipinski definition) is 2. The molecule has 3 N–H and O–H groups in total. The van der Waals surface area contributed by atoms with Gasteiger partial charge in [0.25, 0.3) is 5.91 Å². The standard InChI is InChI=1S/C17H20N4O/c22-17(16-7-4-10-18-16)20-19-15-8-11-21(12-9-15)13-14-5-2-1-3-6-14/h1-7,10,18H,8-9,11-13H2,(H,20,22)/p+1. The average molecular weight is 297 g/mol. The highest BCUT2D eigenvalue weighted by Crippen LogP contribution is 2.00. The number of nitrogens with zero attached hydrogens (tertiary/aromatic N) is 1. The summed E-state index contributed by atoms with van der Waals surface area (Å²) in [4.78, 5) is 16.2. The molecule has 0 spiro atoms. The van der Waals surface area contributed by atoms with Crippen LogP contribution in [0.4, 0.5) is 0 Å². The Balaban J connectivity index is 1.47. The first-order valence-corrected chi connectivity index (χ1v) is 7.68. The summed E-state index contributed by atoms with van der Waals surface area (Å²) in [7, 11) is 0. The lowest BCUT2D eigenvalue weighted by molar-refractivity contribution is -0.914. The van der Waals surface area contributed by atoms with Gasteiger partial charge in [-0.2, -0.15) is 5.10 Å². The molecular weight excluding hydrogens is 276 g/mol. The van der Waals surface area contributed by atoms with E-state index < -0.39 is 0 Å². The van der Waals surface area contributed by atoms with Gasteiger partial charge in [0.1, 0.15) is 12.2 Å². The molecule has 0 saturated carbocycles. The number of quaternary nitrogens is 1. The highest BCUT2D eigenvalue weighted by molar-refractivity contribution is 5.94. The normalized spacial score (nSPS) is 18.0. The third kappa shape index (κ3) is 3.83. The lowest BCUT2D eigenvalue weighted by Crippen LogP contribution is -3.11. The molecule has 114 valence electrons. The number of carbonyl (C=O) groups excluding carboxylic acids is 1. The molecule has 1 aromatic heterocycles. The van der Waals surface area contributed by atoms with E-state index in [-0.39, 0.29) is 5.91 Å². The van der Waals surface area contributed by atoms with E-state index in [2.05, 4.69) is 39.8 Å². The number of H-pyrrole nitrogens is 1. The van der Waals surface area contributed by atoms with Crippen molar-refractivity contribution >= 4 is 11.6 Å². The number of benzene rings is 1. The van der Waals surface area contributed by atoms with Crippen molar-refractivity contribution in [2.24, 2.45) is 5.10 Å². The van der Waals surface area contributed by atoms with Gasteiger partial charge in [0, 0.05) is 30.3 Å². The van der Waals surface area contributed by atoms with Crippen LogP contribution in [-0.2, 0) is 6.54 Å². The second-order valence-electron chi connectivity index (χ2n) is 5.62. The number of nitrogens with one attached hydrogen (secondary N) is 3. The second-order valence-corrected chi connectivity index (χ2v) is 5.62. The summed E-state index contributed by atoms with van der Waals surface area (Å²) in [6.07, 6.45) is 3.60. The molecule has 1 fully saturated rings. The van der Waals surface area contributed by atoms with Crippen LogP contribution in [-0.4, -0.2) is 29.7 Å². The first kappa shape index (κ1) is 14.5. The van der Waals surface area contributed by atoms with Crippen molar-refractivity contribution in [1.29, 1.82) is 0 Å². The summed E-state index contributed by atoms with van der Waals surface area (Å²) < 4.78 is 0. The molecule has 1 amide bonds. The minimum atomic E-state index is -0.184. The number of amides is 1. The Morgan fingerprint density at radius 2 is 1.91 bits per heavy atom. The van der Waals surface area contributed by atoms with Crippen molar-refractivity contribution in [3.63, 3.8) is 0 Å². The molecular formula is C17H21N4O+. The fourth-order valence-electron chi connectivity index (χ4n) is 2.73. The van der Waals surface area contributed by atoms with Crippen LogP contribution in [0, 0.1) is 0 Å². The Labute approximate surface area is 130 Å². The first-order chi connectivity index (χ1) is 10.8. The van der Waals surface area contributed by atoms with E-state index in [1.165, 1.54) is 5.56 Å². The molecule has 1 aromatic carbocycles. The van der Waals surface area contributed by atoms with Crippen LogP contribution in [0.15, 0.2) is 53.8 Å². The predicted molar refractivity (Wildman–Crippen MR) is 85.8 cm³/mol. The van der Waals surface area contributed by atoms with E-state index in [4.69, 9.17) is 0 Å². The van der Waals surface area contributed by atoms with Crippen LogP contribution < -0.4 is 10.3 Å². The number of hydrazone groups is 1. The molecule has 2 aromatic rings. The van der Waals surface area contributed by atoms with E-state index in [0.717, 1.165) is 38.2 Å². The van der Waals surface area contributed by atoms with E-state index >= 15 is 0 Å². The highest BCUT2D eigenvalue weighted by atomic mass is 16.2. The van der Waals surface area contributed by atoms with Crippen LogP contribution >= 0.6 is 0 Å². The molecule has 5 nitrogen and oxygen atoms in total. The van der Waals surface area contributed by atoms with Gasteiger partial charge in [-0.1, -0.05) is 30.3 Å². The quantitative estimate of drug-likeness (QED) is 0.724. The molecule has 5 heteroatoms. The Morgan fingerprint density at radius 3 is 2.59 bits per heavy atom. The predicted octanol–water partition coefficient (Wildman–Crippen LogP) is 0.979. The van der Waals surface area contributed by atoms with Crippen molar-refractivity contribution < 1.29 is 9.69 Å². The van der Waals surface area contributed by atoms with Crippen molar-refractivity contribution in [3.8, 4) is 0 Å². The number of piperidine rings is 1. The summed E-state index contributed by atoms with van der Waals surface area (Å²) in [6.45, 7) is 3.18. The lowest BCUT2D eigenvalue weighted by Gasteiger charge is -2.24. The molecule has 2 heterocycles. The molecule has 0 atom stereocenters. The Bertz CT molecular complexity index is 624. The number of carbonyl (C=O) groups is 1. The van der Waals surface area contributed by atoms with E-state index in [9.17, 15) is 4.79 Å². The largest absolute Gasteiger partial charge is 0.357 e. The van der Waals surface area contributed by atoms with E-state index in [1.807, 2.05) is 6.07 Å². The topological polar surface area (TPSA) is 61.7 Å². The lowest BCUT2D eigenvalue weighted by atomic mass is 10.1. The van der Waals surface area contributed by atoms with Crippen molar-refractivity contribution in [2.45, 2.75) is 19.4 Å².